The van der Waals surface area contributed by atoms with Gasteiger partial charge in [0.05, 0.1) is 0 Å². The molecule has 0 saturated heterocycles. The Morgan fingerprint density at radius 2 is 2.23 bits per heavy atom. The number of fused-ring (bicyclic) bond motifs is 1. The molecule has 0 spiro atoms. The summed E-state index contributed by atoms with van der Waals surface area (Å²) in [5.74, 6) is 0.152. The van der Waals surface area contributed by atoms with Gasteiger partial charge in [0.15, 0.2) is 5.78 Å². The van der Waals surface area contributed by atoms with Crippen molar-refractivity contribution < 1.29 is 4.79 Å². The Labute approximate surface area is 81.7 Å². The molecule has 1 aromatic carbocycles. The fourth-order valence-corrected chi connectivity index (χ4v) is 2.04. The molecule has 3 heteroatoms. The van der Waals surface area contributed by atoms with Crippen LogP contribution in [-0.2, 0) is 0 Å². The highest BCUT2D eigenvalue weighted by molar-refractivity contribution is 6.32. The summed E-state index contributed by atoms with van der Waals surface area (Å²) in [7, 11) is 0. The molecule has 0 amide bonds. The fraction of sp³-hybridized carbons (Fsp3) is 0.300. The Hall–Kier alpha value is -0.860. The molecule has 2 nitrogen and oxygen atoms in total. The van der Waals surface area contributed by atoms with Crippen molar-refractivity contribution in [2.75, 3.05) is 0 Å². The van der Waals surface area contributed by atoms with Crippen molar-refractivity contribution in [2.24, 2.45) is 5.73 Å². The largest absolute Gasteiger partial charge is 0.324 e. The Morgan fingerprint density at radius 3 is 2.92 bits per heavy atom. The van der Waals surface area contributed by atoms with Gasteiger partial charge in [-0.15, -0.1) is 0 Å². The Bertz CT molecular complexity index is 362. The van der Waals surface area contributed by atoms with E-state index in [1.54, 1.807) is 18.2 Å². The fourth-order valence-electron chi connectivity index (χ4n) is 1.72. The van der Waals surface area contributed by atoms with Crippen LogP contribution in [0.2, 0.25) is 5.02 Å². The first-order valence-corrected chi connectivity index (χ1v) is 4.65. The van der Waals surface area contributed by atoms with Gasteiger partial charge >= 0.3 is 0 Å². The molecule has 0 heterocycles. The van der Waals surface area contributed by atoms with E-state index in [2.05, 4.69) is 0 Å². The Morgan fingerprint density at radius 1 is 1.46 bits per heavy atom. The SMILES string of the molecule is NC1CCC(=O)c2cccc(Cl)c21. The zero-order valence-electron chi connectivity index (χ0n) is 7.09. The lowest BCUT2D eigenvalue weighted by atomic mass is 9.87. The monoisotopic (exact) mass is 195 g/mol. The molecule has 1 atom stereocenters. The third-order valence-electron chi connectivity index (χ3n) is 2.41. The smallest absolute Gasteiger partial charge is 0.163 e. The number of hydrogen-bond acceptors (Lipinski definition) is 2. The normalized spacial score (nSPS) is 21.4. The van der Waals surface area contributed by atoms with Gasteiger partial charge in [-0.25, -0.2) is 0 Å². The molecule has 1 unspecified atom stereocenters. The van der Waals surface area contributed by atoms with Crippen LogP contribution in [0.15, 0.2) is 18.2 Å². The lowest BCUT2D eigenvalue weighted by Crippen LogP contribution is -2.21. The highest BCUT2D eigenvalue weighted by Crippen LogP contribution is 2.32. The number of Topliss-reactive ketones (excluding diaryl/α,β-unsaturated/α-hetero) is 1. The van der Waals surface area contributed by atoms with Crippen LogP contribution < -0.4 is 5.73 Å². The van der Waals surface area contributed by atoms with Crippen LogP contribution >= 0.6 is 11.6 Å². The van der Waals surface area contributed by atoms with Gasteiger partial charge in [-0.2, -0.15) is 0 Å². The number of carbonyl (C=O) groups excluding carboxylic acids is 1. The number of rotatable bonds is 0. The average Bonchev–Trinajstić information content (AvgIpc) is 2.12. The molecule has 2 rings (SSSR count). The van der Waals surface area contributed by atoms with Crippen LogP contribution in [0.1, 0.15) is 34.8 Å². The molecule has 0 aliphatic heterocycles. The van der Waals surface area contributed by atoms with Crippen molar-refractivity contribution in [1.29, 1.82) is 0 Å². The third-order valence-corrected chi connectivity index (χ3v) is 2.74. The summed E-state index contributed by atoms with van der Waals surface area (Å²) < 4.78 is 0. The van der Waals surface area contributed by atoms with E-state index in [9.17, 15) is 4.79 Å². The molecule has 13 heavy (non-hydrogen) atoms. The summed E-state index contributed by atoms with van der Waals surface area (Å²) in [4.78, 5) is 11.5. The molecule has 0 fully saturated rings. The van der Waals surface area contributed by atoms with Gasteiger partial charge in [-0.3, -0.25) is 4.79 Å². The zero-order chi connectivity index (χ0) is 9.42. The van der Waals surface area contributed by atoms with Crippen LogP contribution in [0.3, 0.4) is 0 Å². The minimum Gasteiger partial charge on any atom is -0.324 e. The first kappa shape index (κ1) is 8.73. The number of hydrogen-bond donors (Lipinski definition) is 1. The van der Waals surface area contributed by atoms with Gasteiger partial charge < -0.3 is 5.73 Å². The van der Waals surface area contributed by atoms with Gasteiger partial charge in [0, 0.05) is 23.0 Å². The van der Waals surface area contributed by atoms with Crippen molar-refractivity contribution >= 4 is 17.4 Å². The molecule has 0 bridgehead atoms. The number of benzene rings is 1. The first-order valence-electron chi connectivity index (χ1n) is 4.27. The Kier molecular flexibility index (Phi) is 2.10. The third kappa shape index (κ3) is 1.36. The van der Waals surface area contributed by atoms with E-state index in [0.717, 1.165) is 5.56 Å². The molecule has 1 aromatic rings. The zero-order valence-corrected chi connectivity index (χ0v) is 7.84. The van der Waals surface area contributed by atoms with Gasteiger partial charge in [-0.05, 0) is 18.1 Å². The van der Waals surface area contributed by atoms with Crippen molar-refractivity contribution in [3.05, 3.63) is 34.3 Å². The molecule has 0 radical (unpaired) electrons. The van der Waals surface area contributed by atoms with E-state index in [4.69, 9.17) is 17.3 Å². The van der Waals surface area contributed by atoms with Crippen LogP contribution in [0.4, 0.5) is 0 Å². The summed E-state index contributed by atoms with van der Waals surface area (Å²) >= 11 is 5.97. The Balaban J connectivity index is 2.63. The summed E-state index contributed by atoms with van der Waals surface area (Å²) in [6.45, 7) is 0. The van der Waals surface area contributed by atoms with Crippen molar-refractivity contribution in [3.63, 3.8) is 0 Å². The van der Waals surface area contributed by atoms with E-state index in [0.29, 0.717) is 23.4 Å². The molecule has 2 N–H and O–H groups in total. The van der Waals surface area contributed by atoms with Gasteiger partial charge in [0.2, 0.25) is 0 Å². The molecule has 0 saturated carbocycles. The standard InChI is InChI=1S/C10H10ClNO/c11-7-3-1-2-6-9(13)5-4-8(12)10(6)7/h1-3,8H,4-5,12H2. The molecule has 1 aliphatic carbocycles. The molecule has 0 aromatic heterocycles. The molecular formula is C10H10ClNO. The highest BCUT2D eigenvalue weighted by Gasteiger charge is 2.24. The van der Waals surface area contributed by atoms with E-state index < -0.39 is 0 Å². The second-order valence-corrected chi connectivity index (χ2v) is 3.68. The summed E-state index contributed by atoms with van der Waals surface area (Å²) in [6, 6.07) is 5.28. The van der Waals surface area contributed by atoms with E-state index in [-0.39, 0.29) is 11.8 Å². The maximum Gasteiger partial charge on any atom is 0.163 e. The van der Waals surface area contributed by atoms with Crippen LogP contribution in [0, 0.1) is 0 Å². The van der Waals surface area contributed by atoms with Crippen molar-refractivity contribution in [1.82, 2.24) is 0 Å². The van der Waals surface area contributed by atoms with Crippen LogP contribution in [-0.4, -0.2) is 5.78 Å². The molecule has 68 valence electrons. The number of ketones is 1. The first-order chi connectivity index (χ1) is 6.20. The minimum atomic E-state index is -0.0820. The summed E-state index contributed by atoms with van der Waals surface area (Å²) in [5.41, 5.74) is 7.39. The number of carbonyl (C=O) groups is 1. The lowest BCUT2D eigenvalue weighted by molar-refractivity contribution is 0.0967. The average molecular weight is 196 g/mol. The van der Waals surface area contributed by atoms with E-state index in [1.165, 1.54) is 0 Å². The highest BCUT2D eigenvalue weighted by atomic mass is 35.5. The number of nitrogens with two attached hydrogens (primary N) is 1. The van der Waals surface area contributed by atoms with Crippen LogP contribution in [0.5, 0.6) is 0 Å². The topological polar surface area (TPSA) is 43.1 Å². The van der Waals surface area contributed by atoms with E-state index in [1.807, 2.05) is 0 Å². The number of halogens is 1. The molecule has 1 aliphatic rings. The van der Waals surface area contributed by atoms with Gasteiger partial charge in [0.1, 0.15) is 0 Å². The lowest BCUT2D eigenvalue weighted by Gasteiger charge is -2.21. The van der Waals surface area contributed by atoms with Gasteiger partial charge in [0.25, 0.3) is 0 Å². The van der Waals surface area contributed by atoms with Crippen molar-refractivity contribution in [3.8, 4) is 0 Å². The second-order valence-electron chi connectivity index (χ2n) is 3.27. The molecular weight excluding hydrogens is 186 g/mol. The quantitative estimate of drug-likeness (QED) is 0.691. The summed E-state index contributed by atoms with van der Waals surface area (Å²) in [6.07, 6.45) is 1.24. The maximum absolute atomic E-state index is 11.5. The predicted molar refractivity (Wildman–Crippen MR) is 51.9 cm³/mol. The van der Waals surface area contributed by atoms with Crippen molar-refractivity contribution in [2.45, 2.75) is 18.9 Å². The van der Waals surface area contributed by atoms with Gasteiger partial charge in [-0.1, -0.05) is 23.7 Å². The summed E-state index contributed by atoms with van der Waals surface area (Å²) in [5, 5.41) is 0.609. The predicted octanol–water partition coefficient (Wildman–Crippen LogP) is 2.32. The maximum atomic E-state index is 11.5. The van der Waals surface area contributed by atoms with Crippen LogP contribution in [0.25, 0.3) is 0 Å². The van der Waals surface area contributed by atoms with E-state index >= 15 is 0 Å². The second kappa shape index (κ2) is 3.13. The minimum absolute atomic E-state index is 0.0820.